The molecule has 1 amide bonds. The van der Waals surface area contributed by atoms with Crippen LogP contribution in [0.2, 0.25) is 0 Å². The van der Waals surface area contributed by atoms with E-state index in [1.54, 1.807) is 21.0 Å². The van der Waals surface area contributed by atoms with Crippen molar-refractivity contribution in [3.05, 3.63) is 27.9 Å². The van der Waals surface area contributed by atoms with E-state index in [9.17, 15) is 14.9 Å². The van der Waals surface area contributed by atoms with Crippen LogP contribution in [0, 0.1) is 17.0 Å². The highest BCUT2D eigenvalue weighted by Gasteiger charge is 2.15. The molecular formula is C12H18N4O4. The first-order valence-electron chi connectivity index (χ1n) is 6.10. The number of pyridine rings is 1. The zero-order valence-electron chi connectivity index (χ0n) is 11.7. The SMILES string of the molecule is COCCNC(=O)C(C)Nc1cc(C)c([N+](=O)[O-])cn1. The Morgan fingerprint density at radius 2 is 2.30 bits per heavy atom. The summed E-state index contributed by atoms with van der Waals surface area (Å²) in [5.41, 5.74) is 0.437. The predicted octanol–water partition coefficient (Wildman–Crippen LogP) is 0.861. The average molecular weight is 282 g/mol. The fourth-order valence-corrected chi connectivity index (χ4v) is 1.54. The van der Waals surface area contributed by atoms with Gasteiger partial charge in [-0.3, -0.25) is 14.9 Å². The van der Waals surface area contributed by atoms with Crippen LogP contribution in [-0.4, -0.2) is 42.1 Å². The number of rotatable bonds is 7. The first kappa shape index (κ1) is 15.8. The molecule has 0 saturated carbocycles. The Morgan fingerprint density at radius 1 is 1.60 bits per heavy atom. The van der Waals surface area contributed by atoms with E-state index < -0.39 is 11.0 Å². The first-order chi connectivity index (χ1) is 9.45. The van der Waals surface area contributed by atoms with E-state index in [0.29, 0.717) is 24.5 Å². The summed E-state index contributed by atoms with van der Waals surface area (Å²) in [5.74, 6) is 0.224. The number of nitrogens with one attached hydrogen (secondary N) is 2. The number of carbonyl (C=O) groups is 1. The van der Waals surface area contributed by atoms with Gasteiger partial charge in [0.25, 0.3) is 5.69 Å². The highest BCUT2D eigenvalue weighted by atomic mass is 16.6. The fraction of sp³-hybridized carbons (Fsp3) is 0.500. The normalized spacial score (nSPS) is 11.8. The van der Waals surface area contributed by atoms with Gasteiger partial charge in [-0.25, -0.2) is 4.98 Å². The lowest BCUT2D eigenvalue weighted by molar-refractivity contribution is -0.385. The summed E-state index contributed by atoms with van der Waals surface area (Å²) in [4.78, 5) is 25.8. The molecular weight excluding hydrogens is 264 g/mol. The maximum atomic E-state index is 11.7. The molecule has 0 aliphatic rings. The third-order valence-electron chi connectivity index (χ3n) is 2.64. The number of hydrogen-bond donors (Lipinski definition) is 2. The van der Waals surface area contributed by atoms with Crippen LogP contribution in [0.3, 0.4) is 0 Å². The van der Waals surface area contributed by atoms with Crippen LogP contribution in [-0.2, 0) is 9.53 Å². The van der Waals surface area contributed by atoms with Crippen LogP contribution in [0.1, 0.15) is 12.5 Å². The predicted molar refractivity (Wildman–Crippen MR) is 73.6 cm³/mol. The number of carbonyl (C=O) groups excluding carboxylic acids is 1. The highest BCUT2D eigenvalue weighted by molar-refractivity contribution is 5.83. The first-order valence-corrected chi connectivity index (χ1v) is 6.10. The van der Waals surface area contributed by atoms with Gasteiger partial charge in [0.2, 0.25) is 5.91 Å². The number of ether oxygens (including phenoxy) is 1. The number of hydrogen-bond acceptors (Lipinski definition) is 6. The lowest BCUT2D eigenvalue weighted by atomic mass is 10.2. The molecule has 1 aromatic rings. The van der Waals surface area contributed by atoms with E-state index >= 15 is 0 Å². The molecule has 1 unspecified atom stereocenters. The van der Waals surface area contributed by atoms with Crippen LogP contribution in [0.15, 0.2) is 12.3 Å². The number of nitro groups is 1. The summed E-state index contributed by atoms with van der Waals surface area (Å²) in [6.07, 6.45) is 1.17. The Morgan fingerprint density at radius 3 is 2.85 bits per heavy atom. The summed E-state index contributed by atoms with van der Waals surface area (Å²) in [5, 5.41) is 16.3. The molecule has 0 aliphatic heterocycles. The smallest absolute Gasteiger partial charge is 0.290 e. The van der Waals surface area contributed by atoms with Gasteiger partial charge in [-0.1, -0.05) is 0 Å². The highest BCUT2D eigenvalue weighted by Crippen LogP contribution is 2.19. The Kier molecular flexibility index (Phi) is 5.85. The maximum Gasteiger partial charge on any atom is 0.290 e. The number of aryl methyl sites for hydroxylation is 1. The molecule has 1 heterocycles. The number of aromatic nitrogens is 1. The van der Waals surface area contributed by atoms with Crippen molar-refractivity contribution >= 4 is 17.4 Å². The number of anilines is 1. The molecule has 110 valence electrons. The molecule has 1 aromatic heterocycles. The van der Waals surface area contributed by atoms with E-state index in [2.05, 4.69) is 15.6 Å². The summed E-state index contributed by atoms with van der Waals surface area (Å²) in [6, 6.07) is 1.04. The molecule has 0 saturated heterocycles. The Balaban J connectivity index is 2.62. The van der Waals surface area contributed by atoms with Gasteiger partial charge in [-0.15, -0.1) is 0 Å². The van der Waals surface area contributed by atoms with Gasteiger partial charge < -0.3 is 15.4 Å². The van der Waals surface area contributed by atoms with E-state index in [1.807, 2.05) is 0 Å². The number of amides is 1. The van der Waals surface area contributed by atoms with Crippen molar-refractivity contribution in [1.29, 1.82) is 0 Å². The molecule has 0 radical (unpaired) electrons. The third kappa shape index (κ3) is 4.47. The molecule has 1 rings (SSSR count). The van der Waals surface area contributed by atoms with Crippen LogP contribution < -0.4 is 10.6 Å². The summed E-state index contributed by atoms with van der Waals surface area (Å²) in [7, 11) is 1.55. The van der Waals surface area contributed by atoms with Gasteiger partial charge >= 0.3 is 0 Å². The van der Waals surface area contributed by atoms with Crippen molar-refractivity contribution in [2.75, 3.05) is 25.6 Å². The van der Waals surface area contributed by atoms with Crippen molar-refractivity contribution in [3.63, 3.8) is 0 Å². The van der Waals surface area contributed by atoms with Crippen molar-refractivity contribution in [3.8, 4) is 0 Å². The number of nitrogens with zero attached hydrogens (tertiary/aromatic N) is 2. The van der Waals surface area contributed by atoms with Crippen LogP contribution >= 0.6 is 0 Å². The zero-order chi connectivity index (χ0) is 15.1. The largest absolute Gasteiger partial charge is 0.383 e. The number of methoxy groups -OCH3 is 1. The Labute approximate surface area is 116 Å². The van der Waals surface area contributed by atoms with Crippen molar-refractivity contribution < 1.29 is 14.5 Å². The van der Waals surface area contributed by atoms with E-state index in [1.165, 1.54) is 12.3 Å². The second-order valence-electron chi connectivity index (χ2n) is 4.26. The van der Waals surface area contributed by atoms with Gasteiger partial charge in [0.05, 0.1) is 11.5 Å². The molecule has 1 atom stereocenters. The molecule has 0 aliphatic carbocycles. The fourth-order valence-electron chi connectivity index (χ4n) is 1.54. The van der Waals surface area contributed by atoms with Crippen LogP contribution in [0.4, 0.5) is 11.5 Å². The minimum Gasteiger partial charge on any atom is -0.383 e. The van der Waals surface area contributed by atoms with Crippen LogP contribution in [0.25, 0.3) is 0 Å². The molecule has 0 bridgehead atoms. The molecule has 8 heteroatoms. The molecule has 0 spiro atoms. The van der Waals surface area contributed by atoms with Gasteiger partial charge in [-0.2, -0.15) is 0 Å². The van der Waals surface area contributed by atoms with Crippen LogP contribution in [0.5, 0.6) is 0 Å². The lowest BCUT2D eigenvalue weighted by Crippen LogP contribution is -2.39. The summed E-state index contributed by atoms with van der Waals surface area (Å²) in [6.45, 7) is 4.16. The molecule has 8 nitrogen and oxygen atoms in total. The van der Waals surface area contributed by atoms with E-state index in [4.69, 9.17) is 4.74 Å². The minimum atomic E-state index is -0.500. The van der Waals surface area contributed by atoms with Gasteiger partial charge in [0.15, 0.2) is 0 Å². The van der Waals surface area contributed by atoms with Gasteiger partial charge in [-0.05, 0) is 19.9 Å². The standard InChI is InChI=1S/C12H18N4O4/c1-8-6-11(14-7-10(8)16(18)19)15-9(2)12(17)13-4-5-20-3/h6-7,9H,4-5H2,1-3H3,(H,13,17)(H,14,15). The molecule has 2 N–H and O–H groups in total. The lowest BCUT2D eigenvalue weighted by Gasteiger charge is -2.14. The third-order valence-corrected chi connectivity index (χ3v) is 2.64. The van der Waals surface area contributed by atoms with Gasteiger partial charge in [0, 0.05) is 19.2 Å². The average Bonchev–Trinajstić information content (AvgIpc) is 2.38. The maximum absolute atomic E-state index is 11.7. The second kappa shape index (κ2) is 7.39. The summed E-state index contributed by atoms with van der Waals surface area (Å²) < 4.78 is 4.83. The summed E-state index contributed by atoms with van der Waals surface area (Å²) >= 11 is 0. The Bertz CT molecular complexity index is 492. The van der Waals surface area contributed by atoms with Crippen molar-refractivity contribution in [2.24, 2.45) is 0 Å². The monoisotopic (exact) mass is 282 g/mol. The quantitative estimate of drug-likeness (QED) is 0.436. The van der Waals surface area contributed by atoms with Crippen molar-refractivity contribution in [2.45, 2.75) is 19.9 Å². The molecule has 0 aromatic carbocycles. The van der Waals surface area contributed by atoms with Gasteiger partial charge in [0.1, 0.15) is 18.1 Å². The topological polar surface area (TPSA) is 106 Å². The second-order valence-corrected chi connectivity index (χ2v) is 4.26. The van der Waals surface area contributed by atoms with E-state index in [-0.39, 0.29) is 11.6 Å². The zero-order valence-corrected chi connectivity index (χ0v) is 11.7. The molecule has 20 heavy (non-hydrogen) atoms. The Hall–Kier alpha value is -2.22. The minimum absolute atomic E-state index is 0.0484. The molecule has 0 fully saturated rings. The van der Waals surface area contributed by atoms with E-state index in [0.717, 1.165) is 0 Å². The van der Waals surface area contributed by atoms with Crippen molar-refractivity contribution in [1.82, 2.24) is 10.3 Å².